The lowest BCUT2D eigenvalue weighted by Gasteiger charge is -2.07. The number of amides is 1. The summed E-state index contributed by atoms with van der Waals surface area (Å²) in [7, 11) is 1.62. The Bertz CT molecular complexity index is 932. The molecule has 1 amide bonds. The van der Waals surface area contributed by atoms with E-state index in [1.165, 1.54) is 4.68 Å². The molecule has 134 valence electrons. The number of nitrogens with one attached hydrogen (secondary N) is 1. The molecule has 0 bridgehead atoms. The fourth-order valence-electron chi connectivity index (χ4n) is 2.51. The first-order valence-corrected chi connectivity index (χ1v) is 8.18. The Balaban J connectivity index is 1.74. The number of benzene rings is 2. The number of nitrogens with zero attached hydrogens (tertiary/aromatic N) is 3. The van der Waals surface area contributed by atoms with Gasteiger partial charge >= 0.3 is 0 Å². The van der Waals surface area contributed by atoms with Gasteiger partial charge in [0.25, 0.3) is 5.91 Å². The average molecular weight is 351 g/mol. The van der Waals surface area contributed by atoms with Crippen molar-refractivity contribution in [3.63, 3.8) is 0 Å². The van der Waals surface area contributed by atoms with Crippen molar-refractivity contribution < 1.29 is 9.53 Å². The monoisotopic (exact) mass is 351 g/mol. The highest BCUT2D eigenvalue weighted by Crippen LogP contribution is 2.18. The fraction of sp³-hybridized carbons (Fsp3) is 0.211. The third kappa shape index (κ3) is 3.66. The van der Waals surface area contributed by atoms with Crippen LogP contribution in [-0.4, -0.2) is 28.0 Å². The lowest BCUT2D eigenvalue weighted by molar-refractivity contribution is 0.102. The highest BCUT2D eigenvalue weighted by Gasteiger charge is 2.18. The van der Waals surface area contributed by atoms with E-state index in [9.17, 15) is 4.79 Å². The number of methoxy groups -OCH3 is 1. The molecule has 3 N–H and O–H groups in total. The number of rotatable bonds is 5. The van der Waals surface area contributed by atoms with Gasteiger partial charge in [-0.25, -0.2) is 4.68 Å². The molecule has 7 heteroatoms. The van der Waals surface area contributed by atoms with Gasteiger partial charge in [-0.3, -0.25) is 4.79 Å². The van der Waals surface area contributed by atoms with Crippen molar-refractivity contribution in [2.75, 3.05) is 18.2 Å². The second-order valence-corrected chi connectivity index (χ2v) is 6.08. The molecule has 0 radical (unpaired) electrons. The molecule has 26 heavy (non-hydrogen) atoms. The number of ether oxygens (including phenoxy) is 1. The van der Waals surface area contributed by atoms with Crippen LogP contribution in [0.4, 0.5) is 11.5 Å². The maximum absolute atomic E-state index is 12.5. The zero-order chi connectivity index (χ0) is 18.7. The normalized spacial score (nSPS) is 10.6. The van der Waals surface area contributed by atoms with Gasteiger partial charge in [0.1, 0.15) is 5.75 Å². The lowest BCUT2D eigenvalue weighted by atomic mass is 10.1. The second-order valence-electron chi connectivity index (χ2n) is 6.08. The summed E-state index contributed by atoms with van der Waals surface area (Å²) in [6.45, 7) is 4.42. The minimum atomic E-state index is -0.383. The Labute approximate surface area is 151 Å². The molecule has 1 aromatic heterocycles. The van der Waals surface area contributed by atoms with Crippen molar-refractivity contribution in [1.29, 1.82) is 0 Å². The summed E-state index contributed by atoms with van der Waals surface area (Å²) in [5.74, 6) is 0.614. The Morgan fingerprint density at radius 1 is 1.15 bits per heavy atom. The number of hydrogen-bond acceptors (Lipinski definition) is 5. The molecule has 0 unspecified atom stereocenters. The third-order valence-electron chi connectivity index (χ3n) is 4.24. The standard InChI is InChI=1S/C19H21N5O2/c1-12-4-7-15(10-13(12)2)21-19(25)17-18(20)24(23-22-17)11-14-5-8-16(26-3)9-6-14/h4-10H,11,20H2,1-3H3,(H,21,25). The molecule has 1 heterocycles. The van der Waals surface area contributed by atoms with Crippen LogP contribution in [0.3, 0.4) is 0 Å². The van der Waals surface area contributed by atoms with E-state index < -0.39 is 0 Å². The van der Waals surface area contributed by atoms with Gasteiger partial charge in [-0.1, -0.05) is 23.4 Å². The molecule has 0 aliphatic carbocycles. The smallest absolute Gasteiger partial charge is 0.280 e. The van der Waals surface area contributed by atoms with Crippen LogP contribution in [0.25, 0.3) is 0 Å². The zero-order valence-corrected chi connectivity index (χ0v) is 15.0. The molecule has 3 aromatic rings. The van der Waals surface area contributed by atoms with Gasteiger partial charge in [0, 0.05) is 5.69 Å². The first-order valence-electron chi connectivity index (χ1n) is 8.18. The second kappa shape index (κ2) is 7.26. The summed E-state index contributed by atoms with van der Waals surface area (Å²) < 4.78 is 6.64. The van der Waals surface area contributed by atoms with Crippen LogP contribution < -0.4 is 15.8 Å². The topological polar surface area (TPSA) is 95.1 Å². The molecule has 0 saturated heterocycles. The van der Waals surface area contributed by atoms with Crippen LogP contribution in [0.5, 0.6) is 5.75 Å². The predicted octanol–water partition coefficient (Wildman–Crippen LogP) is 2.79. The van der Waals surface area contributed by atoms with E-state index in [0.29, 0.717) is 12.2 Å². The molecular formula is C19H21N5O2. The molecular weight excluding hydrogens is 330 g/mol. The first kappa shape index (κ1) is 17.5. The maximum Gasteiger partial charge on any atom is 0.280 e. The summed E-state index contributed by atoms with van der Waals surface area (Å²) in [4.78, 5) is 12.5. The van der Waals surface area contributed by atoms with Crippen molar-refractivity contribution in [3.8, 4) is 5.75 Å². The van der Waals surface area contributed by atoms with E-state index in [2.05, 4.69) is 15.6 Å². The summed E-state index contributed by atoms with van der Waals surface area (Å²) in [5.41, 5.74) is 10.1. The summed E-state index contributed by atoms with van der Waals surface area (Å²) in [6, 6.07) is 13.2. The van der Waals surface area contributed by atoms with E-state index in [1.807, 2.05) is 56.3 Å². The Kier molecular flexibility index (Phi) is 4.88. The third-order valence-corrected chi connectivity index (χ3v) is 4.24. The number of carbonyl (C=O) groups is 1. The van der Waals surface area contributed by atoms with Crippen LogP contribution >= 0.6 is 0 Å². The van der Waals surface area contributed by atoms with E-state index >= 15 is 0 Å². The Hall–Kier alpha value is -3.35. The molecule has 0 aliphatic heterocycles. The number of aryl methyl sites for hydroxylation is 2. The van der Waals surface area contributed by atoms with Gasteiger partial charge < -0.3 is 15.8 Å². The van der Waals surface area contributed by atoms with Gasteiger partial charge in [0.05, 0.1) is 13.7 Å². The van der Waals surface area contributed by atoms with E-state index in [4.69, 9.17) is 10.5 Å². The number of anilines is 2. The molecule has 0 aliphatic rings. The van der Waals surface area contributed by atoms with E-state index in [-0.39, 0.29) is 17.4 Å². The Morgan fingerprint density at radius 3 is 2.54 bits per heavy atom. The highest BCUT2D eigenvalue weighted by atomic mass is 16.5. The number of aromatic nitrogens is 3. The van der Waals surface area contributed by atoms with Crippen molar-refractivity contribution in [3.05, 3.63) is 64.8 Å². The summed E-state index contributed by atoms with van der Waals surface area (Å²) >= 11 is 0. The number of nitrogens with two attached hydrogens (primary N) is 1. The molecule has 0 fully saturated rings. The number of hydrogen-bond donors (Lipinski definition) is 2. The predicted molar refractivity (Wildman–Crippen MR) is 100 cm³/mol. The maximum atomic E-state index is 12.5. The van der Waals surface area contributed by atoms with Gasteiger partial charge in [0.15, 0.2) is 11.5 Å². The molecule has 7 nitrogen and oxygen atoms in total. The molecule has 0 spiro atoms. The van der Waals surface area contributed by atoms with Crippen molar-refractivity contribution in [2.24, 2.45) is 0 Å². The van der Waals surface area contributed by atoms with Gasteiger partial charge in [-0.15, -0.1) is 5.10 Å². The zero-order valence-electron chi connectivity index (χ0n) is 15.0. The van der Waals surface area contributed by atoms with Crippen LogP contribution in [0.1, 0.15) is 27.2 Å². The van der Waals surface area contributed by atoms with Crippen molar-refractivity contribution >= 4 is 17.4 Å². The molecule has 0 atom stereocenters. The highest BCUT2D eigenvalue weighted by molar-refractivity contribution is 6.05. The largest absolute Gasteiger partial charge is 0.497 e. The lowest BCUT2D eigenvalue weighted by Crippen LogP contribution is -2.15. The Morgan fingerprint density at radius 2 is 1.88 bits per heavy atom. The van der Waals surface area contributed by atoms with Crippen LogP contribution in [0.15, 0.2) is 42.5 Å². The van der Waals surface area contributed by atoms with E-state index in [1.54, 1.807) is 7.11 Å². The minimum absolute atomic E-state index is 0.108. The van der Waals surface area contributed by atoms with Crippen LogP contribution in [0, 0.1) is 13.8 Å². The fourth-order valence-corrected chi connectivity index (χ4v) is 2.51. The summed E-state index contributed by atoms with van der Waals surface area (Å²) in [5, 5.41) is 10.7. The molecule has 3 rings (SSSR count). The minimum Gasteiger partial charge on any atom is -0.497 e. The van der Waals surface area contributed by atoms with Crippen LogP contribution in [-0.2, 0) is 6.54 Å². The molecule has 0 saturated carbocycles. The molecule has 2 aromatic carbocycles. The average Bonchev–Trinajstić information content (AvgIpc) is 2.99. The number of carbonyl (C=O) groups excluding carboxylic acids is 1. The SMILES string of the molecule is COc1ccc(Cn2nnc(C(=O)Nc3ccc(C)c(C)c3)c2N)cc1. The summed E-state index contributed by atoms with van der Waals surface area (Å²) in [6.07, 6.45) is 0. The van der Waals surface area contributed by atoms with Gasteiger partial charge in [-0.2, -0.15) is 0 Å². The number of nitrogen functional groups attached to an aromatic ring is 1. The van der Waals surface area contributed by atoms with Crippen molar-refractivity contribution in [2.45, 2.75) is 20.4 Å². The van der Waals surface area contributed by atoms with E-state index in [0.717, 1.165) is 22.4 Å². The van der Waals surface area contributed by atoms with Gasteiger partial charge in [0.2, 0.25) is 0 Å². The quantitative estimate of drug-likeness (QED) is 0.737. The van der Waals surface area contributed by atoms with Gasteiger partial charge in [-0.05, 0) is 54.8 Å². The van der Waals surface area contributed by atoms with Crippen molar-refractivity contribution in [1.82, 2.24) is 15.0 Å². The van der Waals surface area contributed by atoms with Crippen LogP contribution in [0.2, 0.25) is 0 Å². The first-order chi connectivity index (χ1) is 12.5.